The third-order valence-electron chi connectivity index (χ3n) is 3.12. The van der Waals surface area contributed by atoms with Gasteiger partial charge in [-0.05, 0) is 36.1 Å². The van der Waals surface area contributed by atoms with Gasteiger partial charge in [-0.3, -0.25) is 4.79 Å². The third-order valence-corrected chi connectivity index (χ3v) is 4.01. The lowest BCUT2D eigenvalue weighted by Gasteiger charge is -2.12. The van der Waals surface area contributed by atoms with Crippen LogP contribution < -0.4 is 5.56 Å². The SMILES string of the molecule is CCCCn1c(-c2cccs2)ccc(/C=C/C(=O)O)c1=O. The number of carbonyl (C=O) groups is 1. The minimum Gasteiger partial charge on any atom is -0.478 e. The molecule has 0 amide bonds. The van der Waals surface area contributed by atoms with Crippen molar-refractivity contribution in [3.63, 3.8) is 0 Å². The predicted octanol–water partition coefficient (Wildman–Crippen LogP) is 3.47. The van der Waals surface area contributed by atoms with E-state index in [1.54, 1.807) is 22.0 Å². The zero-order valence-corrected chi connectivity index (χ0v) is 12.6. The average molecular weight is 303 g/mol. The van der Waals surface area contributed by atoms with E-state index in [4.69, 9.17) is 5.11 Å². The summed E-state index contributed by atoms with van der Waals surface area (Å²) >= 11 is 1.58. The van der Waals surface area contributed by atoms with Gasteiger partial charge in [-0.25, -0.2) is 4.79 Å². The number of aliphatic carboxylic acids is 1. The Balaban J connectivity index is 2.50. The summed E-state index contributed by atoms with van der Waals surface area (Å²) in [6.07, 6.45) is 4.24. The summed E-state index contributed by atoms with van der Waals surface area (Å²) in [5, 5.41) is 10.7. The van der Waals surface area contributed by atoms with Crippen LogP contribution in [0.15, 0.2) is 40.5 Å². The van der Waals surface area contributed by atoms with Crippen molar-refractivity contribution in [3.05, 3.63) is 51.6 Å². The number of hydrogen-bond donors (Lipinski definition) is 1. The van der Waals surface area contributed by atoms with Crippen molar-refractivity contribution in [2.75, 3.05) is 0 Å². The van der Waals surface area contributed by atoms with Crippen LogP contribution in [-0.4, -0.2) is 15.6 Å². The lowest BCUT2D eigenvalue weighted by molar-refractivity contribution is -0.131. The molecule has 2 aromatic rings. The average Bonchev–Trinajstić information content (AvgIpc) is 2.98. The van der Waals surface area contributed by atoms with Crippen molar-refractivity contribution in [2.45, 2.75) is 26.3 Å². The van der Waals surface area contributed by atoms with E-state index >= 15 is 0 Å². The number of rotatable bonds is 6. The Morgan fingerprint density at radius 1 is 1.38 bits per heavy atom. The molecule has 4 nitrogen and oxygen atoms in total. The number of pyridine rings is 1. The molecule has 1 N–H and O–H groups in total. The molecule has 0 spiro atoms. The van der Waals surface area contributed by atoms with Gasteiger partial charge in [0.15, 0.2) is 0 Å². The Hall–Kier alpha value is -2.14. The van der Waals surface area contributed by atoms with Crippen LogP contribution in [0.5, 0.6) is 0 Å². The van der Waals surface area contributed by atoms with Gasteiger partial charge < -0.3 is 9.67 Å². The molecular weight excluding hydrogens is 286 g/mol. The number of thiophene rings is 1. The fourth-order valence-electron chi connectivity index (χ4n) is 2.06. The maximum absolute atomic E-state index is 12.5. The maximum Gasteiger partial charge on any atom is 0.328 e. The summed E-state index contributed by atoms with van der Waals surface area (Å²) in [6, 6.07) is 7.49. The molecule has 0 aromatic carbocycles. The van der Waals surface area contributed by atoms with E-state index in [0.29, 0.717) is 12.1 Å². The molecule has 0 aliphatic rings. The van der Waals surface area contributed by atoms with Crippen LogP contribution in [0.25, 0.3) is 16.6 Å². The van der Waals surface area contributed by atoms with Crippen LogP contribution in [0.1, 0.15) is 25.3 Å². The molecule has 0 aliphatic heterocycles. The smallest absolute Gasteiger partial charge is 0.328 e. The van der Waals surface area contributed by atoms with E-state index in [0.717, 1.165) is 29.5 Å². The topological polar surface area (TPSA) is 59.3 Å². The molecule has 2 rings (SSSR count). The molecule has 0 radical (unpaired) electrons. The van der Waals surface area contributed by atoms with Crippen LogP contribution in [-0.2, 0) is 11.3 Å². The van der Waals surface area contributed by atoms with Crippen LogP contribution in [0.3, 0.4) is 0 Å². The highest BCUT2D eigenvalue weighted by Gasteiger charge is 2.09. The summed E-state index contributed by atoms with van der Waals surface area (Å²) in [4.78, 5) is 24.2. The van der Waals surface area contributed by atoms with E-state index in [1.807, 2.05) is 23.6 Å². The second-order valence-corrected chi connectivity index (χ2v) is 5.58. The van der Waals surface area contributed by atoms with E-state index < -0.39 is 5.97 Å². The van der Waals surface area contributed by atoms with Gasteiger partial charge in [-0.15, -0.1) is 11.3 Å². The zero-order chi connectivity index (χ0) is 15.2. The molecule has 0 fully saturated rings. The van der Waals surface area contributed by atoms with Crippen LogP contribution in [0.2, 0.25) is 0 Å². The predicted molar refractivity (Wildman–Crippen MR) is 85.6 cm³/mol. The summed E-state index contributed by atoms with van der Waals surface area (Å²) in [5.74, 6) is -1.06. The Morgan fingerprint density at radius 3 is 2.81 bits per heavy atom. The summed E-state index contributed by atoms with van der Waals surface area (Å²) in [5.41, 5.74) is 1.14. The van der Waals surface area contributed by atoms with Gasteiger partial charge in [0.05, 0.1) is 10.6 Å². The van der Waals surface area contributed by atoms with Gasteiger partial charge in [-0.1, -0.05) is 19.4 Å². The number of nitrogens with zero attached hydrogens (tertiary/aromatic N) is 1. The first-order chi connectivity index (χ1) is 10.1. The van der Waals surface area contributed by atoms with Crippen molar-refractivity contribution in [1.82, 2.24) is 4.57 Å². The monoisotopic (exact) mass is 303 g/mol. The molecule has 5 heteroatoms. The molecule has 0 bridgehead atoms. The van der Waals surface area contributed by atoms with Gasteiger partial charge in [-0.2, -0.15) is 0 Å². The highest BCUT2D eigenvalue weighted by Crippen LogP contribution is 2.24. The van der Waals surface area contributed by atoms with Gasteiger partial charge in [0, 0.05) is 18.2 Å². The fraction of sp³-hybridized carbons (Fsp3) is 0.250. The van der Waals surface area contributed by atoms with Crippen molar-refractivity contribution >= 4 is 23.4 Å². The summed E-state index contributed by atoms with van der Waals surface area (Å²) in [7, 11) is 0. The van der Waals surface area contributed by atoms with Crippen LogP contribution >= 0.6 is 11.3 Å². The number of unbranched alkanes of at least 4 members (excludes halogenated alkanes) is 1. The van der Waals surface area contributed by atoms with Crippen molar-refractivity contribution in [3.8, 4) is 10.6 Å². The first-order valence-electron chi connectivity index (χ1n) is 6.82. The number of aromatic nitrogens is 1. The van der Waals surface area contributed by atoms with Crippen molar-refractivity contribution in [1.29, 1.82) is 0 Å². The summed E-state index contributed by atoms with van der Waals surface area (Å²) < 4.78 is 1.73. The van der Waals surface area contributed by atoms with Crippen LogP contribution in [0, 0.1) is 0 Å². The lowest BCUT2D eigenvalue weighted by atomic mass is 10.2. The molecule has 0 unspecified atom stereocenters. The second kappa shape index (κ2) is 7.04. The molecule has 0 aliphatic carbocycles. The minimum atomic E-state index is -1.06. The Bertz CT molecular complexity index is 699. The van der Waals surface area contributed by atoms with Gasteiger partial charge >= 0.3 is 5.97 Å². The number of carboxylic acids is 1. The highest BCUT2D eigenvalue weighted by molar-refractivity contribution is 7.13. The van der Waals surface area contributed by atoms with Crippen LogP contribution in [0.4, 0.5) is 0 Å². The molecule has 0 saturated heterocycles. The molecule has 21 heavy (non-hydrogen) atoms. The standard InChI is InChI=1S/C16H17NO3S/c1-2-3-10-17-13(14-5-4-11-21-14)8-6-12(16(17)20)7-9-15(18)19/h4-9,11H,2-3,10H2,1H3,(H,18,19)/b9-7+. The first kappa shape index (κ1) is 15.3. The lowest BCUT2D eigenvalue weighted by Crippen LogP contribution is -2.23. The van der Waals surface area contributed by atoms with Gasteiger partial charge in [0.25, 0.3) is 5.56 Å². The van der Waals surface area contributed by atoms with Crippen molar-refractivity contribution in [2.24, 2.45) is 0 Å². The first-order valence-corrected chi connectivity index (χ1v) is 7.70. The summed E-state index contributed by atoms with van der Waals surface area (Å²) in [6.45, 7) is 2.71. The minimum absolute atomic E-state index is 0.146. The molecule has 2 aromatic heterocycles. The van der Waals surface area contributed by atoms with E-state index in [1.165, 1.54) is 6.08 Å². The molecule has 110 valence electrons. The Kier molecular flexibility index (Phi) is 5.11. The van der Waals surface area contributed by atoms with Crippen molar-refractivity contribution < 1.29 is 9.90 Å². The fourth-order valence-corrected chi connectivity index (χ4v) is 2.82. The molecule has 0 saturated carbocycles. The largest absolute Gasteiger partial charge is 0.478 e. The Morgan fingerprint density at radius 2 is 2.19 bits per heavy atom. The maximum atomic E-state index is 12.5. The highest BCUT2D eigenvalue weighted by atomic mass is 32.1. The van der Waals surface area contributed by atoms with Gasteiger partial charge in [0.2, 0.25) is 0 Å². The van der Waals surface area contributed by atoms with E-state index in [-0.39, 0.29) is 5.56 Å². The quantitative estimate of drug-likeness (QED) is 0.831. The van der Waals surface area contributed by atoms with Gasteiger partial charge in [0.1, 0.15) is 0 Å². The number of hydrogen-bond acceptors (Lipinski definition) is 3. The van der Waals surface area contributed by atoms with E-state index in [2.05, 4.69) is 6.92 Å². The Labute approximate surface area is 127 Å². The molecular formula is C16H17NO3S. The molecule has 0 atom stereocenters. The third kappa shape index (κ3) is 3.70. The normalized spacial score (nSPS) is 11.1. The van der Waals surface area contributed by atoms with E-state index in [9.17, 15) is 9.59 Å². The molecule has 2 heterocycles. The number of carboxylic acid groups (broad SMARTS) is 1. The second-order valence-electron chi connectivity index (χ2n) is 4.63. The zero-order valence-electron chi connectivity index (χ0n) is 11.8.